The SMILES string of the molecule is O=c1c(O[C@@H]2O[C@H](CO)[C@@H](O)[C@H](O)[C@H]2O)c(-c2cc(O)c(O)c(O)c2)oc2cc(O[C@@H]3O[C@@H](CO)[C@H](O)[C@H](O)[C@H]3O)cc(O)c12. The lowest BCUT2D eigenvalue weighted by molar-refractivity contribution is -0.277. The van der Waals surface area contributed by atoms with Crippen LogP contribution >= 0.6 is 0 Å². The summed E-state index contributed by atoms with van der Waals surface area (Å²) in [7, 11) is 0. The molecule has 2 aromatic carbocycles. The monoisotopic (exact) mass is 642 g/mol. The normalized spacial score (nSPS) is 32.0. The molecule has 1 aromatic heterocycles. The Labute approximate surface area is 250 Å². The number of aliphatic hydroxyl groups excluding tert-OH is 8. The van der Waals surface area contributed by atoms with Crippen LogP contribution in [0.3, 0.4) is 0 Å². The fourth-order valence-electron chi connectivity index (χ4n) is 4.94. The number of aromatic hydroxyl groups is 4. The summed E-state index contributed by atoms with van der Waals surface area (Å²) < 4.78 is 27.5. The summed E-state index contributed by atoms with van der Waals surface area (Å²) in [6.07, 6.45) is -17.4. The van der Waals surface area contributed by atoms with E-state index in [4.69, 9.17) is 23.4 Å². The molecule has 18 heteroatoms. The second-order valence-corrected chi connectivity index (χ2v) is 10.4. The maximum absolute atomic E-state index is 13.8. The van der Waals surface area contributed by atoms with Gasteiger partial charge in [0.15, 0.2) is 23.0 Å². The number of benzene rings is 2. The molecular formula is C27H30O18. The Balaban J connectivity index is 1.62. The van der Waals surface area contributed by atoms with Crippen LogP contribution in [0.4, 0.5) is 0 Å². The molecule has 5 rings (SSSR count). The molecule has 2 aliphatic rings. The predicted molar refractivity (Wildman–Crippen MR) is 143 cm³/mol. The van der Waals surface area contributed by atoms with E-state index < -0.39 is 126 Å². The molecule has 0 bridgehead atoms. The molecule has 2 aliphatic heterocycles. The molecule has 2 fully saturated rings. The van der Waals surface area contributed by atoms with Gasteiger partial charge >= 0.3 is 0 Å². The molecule has 2 saturated heterocycles. The average molecular weight is 643 g/mol. The maximum Gasteiger partial charge on any atom is 0.239 e. The molecule has 3 aromatic rings. The molecule has 3 heterocycles. The van der Waals surface area contributed by atoms with Crippen molar-refractivity contribution >= 4 is 11.0 Å². The van der Waals surface area contributed by atoms with E-state index in [0.717, 1.165) is 24.3 Å². The van der Waals surface area contributed by atoms with Crippen LogP contribution in [0.25, 0.3) is 22.3 Å². The third-order valence-electron chi connectivity index (χ3n) is 7.42. The molecule has 10 atom stereocenters. The average Bonchev–Trinajstić information content (AvgIpc) is 3.00. The van der Waals surface area contributed by atoms with Crippen molar-refractivity contribution < 1.29 is 84.6 Å². The minimum atomic E-state index is -1.99. The zero-order valence-electron chi connectivity index (χ0n) is 22.8. The van der Waals surface area contributed by atoms with Gasteiger partial charge in [-0.15, -0.1) is 0 Å². The lowest BCUT2D eigenvalue weighted by Gasteiger charge is -2.39. The van der Waals surface area contributed by atoms with E-state index in [0.29, 0.717) is 0 Å². The Hall–Kier alpha value is -3.95. The van der Waals surface area contributed by atoms with Crippen molar-refractivity contribution in [3.63, 3.8) is 0 Å². The van der Waals surface area contributed by atoms with Crippen LogP contribution in [0.15, 0.2) is 33.5 Å². The van der Waals surface area contributed by atoms with Crippen molar-refractivity contribution in [2.45, 2.75) is 61.4 Å². The number of hydrogen-bond acceptors (Lipinski definition) is 18. The molecule has 0 saturated carbocycles. The molecule has 45 heavy (non-hydrogen) atoms. The highest BCUT2D eigenvalue weighted by Crippen LogP contribution is 2.43. The molecule has 0 aliphatic carbocycles. The van der Waals surface area contributed by atoms with Crippen LogP contribution in [-0.2, 0) is 9.47 Å². The summed E-state index contributed by atoms with van der Waals surface area (Å²) in [4.78, 5) is 13.8. The topological polar surface area (TPSA) is 310 Å². The molecule has 0 spiro atoms. The summed E-state index contributed by atoms with van der Waals surface area (Å²) in [5.74, 6) is -5.21. The second-order valence-electron chi connectivity index (χ2n) is 10.4. The first-order chi connectivity index (χ1) is 21.3. The third-order valence-corrected chi connectivity index (χ3v) is 7.42. The zero-order valence-corrected chi connectivity index (χ0v) is 22.8. The number of fused-ring (bicyclic) bond motifs is 1. The number of hydrogen-bond donors (Lipinski definition) is 12. The van der Waals surface area contributed by atoms with Gasteiger partial charge in [-0.25, -0.2) is 0 Å². The zero-order chi connectivity index (χ0) is 32.9. The summed E-state index contributed by atoms with van der Waals surface area (Å²) in [5.41, 5.74) is -1.89. The van der Waals surface area contributed by atoms with Crippen LogP contribution in [-0.4, -0.2) is 136 Å². The van der Waals surface area contributed by atoms with E-state index in [1.807, 2.05) is 0 Å². The lowest BCUT2D eigenvalue weighted by Crippen LogP contribution is -2.60. The van der Waals surface area contributed by atoms with Crippen molar-refractivity contribution in [1.82, 2.24) is 0 Å². The Morgan fingerprint density at radius 3 is 1.67 bits per heavy atom. The maximum atomic E-state index is 13.8. The van der Waals surface area contributed by atoms with Gasteiger partial charge in [-0.1, -0.05) is 0 Å². The van der Waals surface area contributed by atoms with E-state index in [9.17, 15) is 66.1 Å². The standard InChI is InChI=1S/C27H30O18/c28-5-13-17(34)20(37)22(39)26(43-13)41-8-3-9(30)15-12(4-8)42-24(7-1-10(31)16(33)11(32)2-7)25(19(15)36)45-27-23(40)21(38)18(35)14(6-29)44-27/h1-4,13-14,17-18,20-23,26-35,37-40H,5-6H2/t13-,14+,17-,18+,20-,21-,22+,23+,26+,27-/m0/s1. The molecule has 246 valence electrons. The van der Waals surface area contributed by atoms with Gasteiger partial charge < -0.3 is 84.6 Å². The number of aliphatic hydroxyl groups is 8. The summed E-state index contributed by atoms with van der Waals surface area (Å²) in [6.45, 7) is -1.59. The van der Waals surface area contributed by atoms with Crippen LogP contribution in [0, 0.1) is 0 Å². The van der Waals surface area contributed by atoms with Crippen molar-refractivity contribution in [1.29, 1.82) is 0 Å². The first kappa shape index (κ1) is 32.4. The highest BCUT2D eigenvalue weighted by molar-refractivity contribution is 5.88. The van der Waals surface area contributed by atoms with Crippen molar-refractivity contribution in [3.05, 3.63) is 34.5 Å². The molecule has 18 nitrogen and oxygen atoms in total. The van der Waals surface area contributed by atoms with E-state index in [2.05, 4.69) is 0 Å². The Kier molecular flexibility index (Phi) is 8.97. The van der Waals surface area contributed by atoms with Crippen molar-refractivity contribution in [3.8, 4) is 45.8 Å². The van der Waals surface area contributed by atoms with Gasteiger partial charge in [0.1, 0.15) is 71.3 Å². The second kappa shape index (κ2) is 12.4. The Morgan fingerprint density at radius 1 is 0.644 bits per heavy atom. The minimum Gasteiger partial charge on any atom is -0.507 e. The largest absolute Gasteiger partial charge is 0.507 e. The van der Waals surface area contributed by atoms with Gasteiger partial charge in [0, 0.05) is 17.7 Å². The summed E-state index contributed by atoms with van der Waals surface area (Å²) in [5, 5.41) is 120. The smallest absolute Gasteiger partial charge is 0.239 e. The predicted octanol–water partition coefficient (Wildman–Crippen LogP) is -3.36. The minimum absolute atomic E-state index is 0.305. The first-order valence-electron chi connectivity index (χ1n) is 13.3. The lowest BCUT2D eigenvalue weighted by atomic mass is 9.99. The Bertz CT molecular complexity index is 1580. The quantitative estimate of drug-likeness (QED) is 0.112. The van der Waals surface area contributed by atoms with Crippen LogP contribution in [0.5, 0.6) is 34.5 Å². The number of phenols is 4. The van der Waals surface area contributed by atoms with Gasteiger partial charge in [-0.2, -0.15) is 0 Å². The fraction of sp³-hybridized carbons (Fsp3) is 0.444. The van der Waals surface area contributed by atoms with Gasteiger partial charge in [0.2, 0.25) is 23.8 Å². The fourth-order valence-corrected chi connectivity index (χ4v) is 4.94. The number of phenolic OH excluding ortho intramolecular Hbond substituents is 4. The molecule has 0 radical (unpaired) electrons. The molecule has 0 amide bonds. The van der Waals surface area contributed by atoms with Crippen LogP contribution in [0.1, 0.15) is 0 Å². The molecule has 12 N–H and O–H groups in total. The third kappa shape index (κ3) is 5.79. The Morgan fingerprint density at radius 2 is 1.16 bits per heavy atom. The van der Waals surface area contributed by atoms with Crippen molar-refractivity contribution in [2.24, 2.45) is 0 Å². The van der Waals surface area contributed by atoms with Gasteiger partial charge in [-0.05, 0) is 12.1 Å². The van der Waals surface area contributed by atoms with E-state index in [1.165, 1.54) is 0 Å². The number of ether oxygens (including phenoxy) is 4. The van der Waals surface area contributed by atoms with E-state index in [-0.39, 0.29) is 11.3 Å². The summed E-state index contributed by atoms with van der Waals surface area (Å²) in [6, 6.07) is 3.62. The van der Waals surface area contributed by atoms with Crippen LogP contribution < -0.4 is 14.9 Å². The molecule has 0 unspecified atom stereocenters. The first-order valence-corrected chi connectivity index (χ1v) is 13.3. The van der Waals surface area contributed by atoms with Gasteiger partial charge in [0.05, 0.1) is 13.2 Å². The van der Waals surface area contributed by atoms with E-state index >= 15 is 0 Å². The highest BCUT2D eigenvalue weighted by Gasteiger charge is 2.46. The van der Waals surface area contributed by atoms with Gasteiger partial charge in [0.25, 0.3) is 0 Å². The summed E-state index contributed by atoms with van der Waals surface area (Å²) >= 11 is 0. The van der Waals surface area contributed by atoms with Crippen molar-refractivity contribution in [2.75, 3.05) is 13.2 Å². The van der Waals surface area contributed by atoms with Crippen LogP contribution in [0.2, 0.25) is 0 Å². The van der Waals surface area contributed by atoms with E-state index in [1.54, 1.807) is 0 Å². The van der Waals surface area contributed by atoms with Gasteiger partial charge in [-0.3, -0.25) is 4.79 Å². The number of rotatable bonds is 7. The highest BCUT2D eigenvalue weighted by atomic mass is 16.7. The molecular weight excluding hydrogens is 612 g/mol.